The van der Waals surface area contributed by atoms with Crippen LogP contribution in [0.1, 0.15) is 18.8 Å². The average molecular weight is 169 g/mol. The van der Waals surface area contributed by atoms with Gasteiger partial charge >= 0.3 is 0 Å². The van der Waals surface area contributed by atoms with Crippen LogP contribution in [-0.4, -0.2) is 20.7 Å². The topological polar surface area (TPSA) is 99.8 Å². The molecule has 0 spiro atoms. The number of hydrogen-bond donors (Lipinski definition) is 2. The highest BCUT2D eigenvalue weighted by Gasteiger charge is 2.05. The fourth-order valence-electron chi connectivity index (χ4n) is 0.754. The first-order chi connectivity index (χ1) is 5.59. The second-order valence-electron chi connectivity index (χ2n) is 2.56. The summed E-state index contributed by atoms with van der Waals surface area (Å²) in [7, 11) is 0. The molecule has 1 rings (SSSR count). The van der Waals surface area contributed by atoms with E-state index in [-0.39, 0.29) is 12.6 Å². The van der Waals surface area contributed by atoms with Crippen LogP contribution in [0, 0.1) is 0 Å². The van der Waals surface area contributed by atoms with Gasteiger partial charge < -0.3 is 11.5 Å². The molecule has 0 aliphatic carbocycles. The molecule has 0 saturated heterocycles. The summed E-state index contributed by atoms with van der Waals surface area (Å²) in [4.78, 5) is 14.3. The van der Waals surface area contributed by atoms with Gasteiger partial charge in [-0.1, -0.05) is 0 Å². The molecule has 1 unspecified atom stereocenters. The zero-order chi connectivity index (χ0) is 9.14. The second-order valence-corrected chi connectivity index (χ2v) is 2.56. The van der Waals surface area contributed by atoms with E-state index in [0.29, 0.717) is 5.82 Å². The minimum atomic E-state index is -0.448. The number of primary amides is 1. The molecule has 0 aromatic carbocycles. The molecule has 4 N–H and O–H groups in total. The van der Waals surface area contributed by atoms with Crippen LogP contribution in [0.15, 0.2) is 6.33 Å². The van der Waals surface area contributed by atoms with Crippen LogP contribution < -0.4 is 11.5 Å². The molecular formula is C6H11N5O. The highest BCUT2D eigenvalue weighted by Crippen LogP contribution is 1.99. The zero-order valence-corrected chi connectivity index (χ0v) is 6.77. The maximum absolute atomic E-state index is 10.5. The highest BCUT2D eigenvalue weighted by molar-refractivity contribution is 5.73. The Balaban J connectivity index is 2.70. The molecular weight excluding hydrogens is 158 g/mol. The summed E-state index contributed by atoms with van der Waals surface area (Å²) in [6.45, 7) is 1.81. The summed E-state index contributed by atoms with van der Waals surface area (Å²) >= 11 is 0. The van der Waals surface area contributed by atoms with Crippen molar-refractivity contribution in [2.75, 3.05) is 0 Å². The van der Waals surface area contributed by atoms with Crippen LogP contribution in [0.3, 0.4) is 0 Å². The summed E-state index contributed by atoms with van der Waals surface area (Å²) in [5, 5.41) is 3.93. The molecule has 1 aromatic rings. The summed E-state index contributed by atoms with van der Waals surface area (Å²) in [5.74, 6) is 0.0624. The number of aromatic nitrogens is 3. The number of amides is 1. The average Bonchev–Trinajstić information content (AvgIpc) is 2.34. The SMILES string of the molecule is CC(N)c1ncn(CC(N)=O)n1. The van der Waals surface area contributed by atoms with Gasteiger partial charge in [0.15, 0.2) is 5.82 Å². The maximum atomic E-state index is 10.5. The summed E-state index contributed by atoms with van der Waals surface area (Å²) in [6, 6.07) is -0.223. The van der Waals surface area contributed by atoms with Crippen molar-refractivity contribution < 1.29 is 4.79 Å². The molecule has 1 atom stereocenters. The van der Waals surface area contributed by atoms with E-state index in [1.54, 1.807) is 6.92 Å². The van der Waals surface area contributed by atoms with Crippen LogP contribution >= 0.6 is 0 Å². The Labute approximate surface area is 69.6 Å². The molecule has 1 amide bonds. The second kappa shape index (κ2) is 3.31. The Morgan fingerprint density at radius 2 is 2.50 bits per heavy atom. The molecule has 12 heavy (non-hydrogen) atoms. The van der Waals surface area contributed by atoms with Crippen LogP contribution in [0.2, 0.25) is 0 Å². The molecule has 6 heteroatoms. The van der Waals surface area contributed by atoms with E-state index < -0.39 is 5.91 Å². The van der Waals surface area contributed by atoms with E-state index in [1.807, 2.05) is 0 Å². The third-order valence-electron chi connectivity index (χ3n) is 1.28. The smallest absolute Gasteiger partial charge is 0.239 e. The fraction of sp³-hybridized carbons (Fsp3) is 0.500. The van der Waals surface area contributed by atoms with Crippen molar-refractivity contribution >= 4 is 5.91 Å². The van der Waals surface area contributed by atoms with Crippen LogP contribution in [-0.2, 0) is 11.3 Å². The molecule has 0 aliphatic heterocycles. The first-order valence-electron chi connectivity index (χ1n) is 3.53. The van der Waals surface area contributed by atoms with Crippen molar-refractivity contribution in [3.63, 3.8) is 0 Å². The van der Waals surface area contributed by atoms with E-state index in [4.69, 9.17) is 11.5 Å². The van der Waals surface area contributed by atoms with Gasteiger partial charge in [0.25, 0.3) is 0 Å². The van der Waals surface area contributed by atoms with Crippen LogP contribution in [0.4, 0.5) is 0 Å². The largest absolute Gasteiger partial charge is 0.368 e. The molecule has 0 bridgehead atoms. The minimum Gasteiger partial charge on any atom is -0.368 e. The molecule has 6 nitrogen and oxygen atoms in total. The van der Waals surface area contributed by atoms with Gasteiger partial charge in [0, 0.05) is 0 Å². The molecule has 66 valence electrons. The van der Waals surface area contributed by atoms with Gasteiger partial charge in [-0.15, -0.1) is 0 Å². The van der Waals surface area contributed by atoms with Crippen LogP contribution in [0.25, 0.3) is 0 Å². The fourth-order valence-corrected chi connectivity index (χ4v) is 0.754. The van der Waals surface area contributed by atoms with Gasteiger partial charge in [-0.25, -0.2) is 9.67 Å². The van der Waals surface area contributed by atoms with Crippen molar-refractivity contribution in [2.45, 2.75) is 19.5 Å². The van der Waals surface area contributed by atoms with Crippen molar-refractivity contribution in [2.24, 2.45) is 11.5 Å². The molecule has 1 aromatic heterocycles. The number of rotatable bonds is 3. The van der Waals surface area contributed by atoms with Gasteiger partial charge in [-0.3, -0.25) is 4.79 Å². The third kappa shape index (κ3) is 2.03. The predicted molar refractivity (Wildman–Crippen MR) is 41.8 cm³/mol. The Kier molecular flexibility index (Phi) is 2.39. The molecule has 1 heterocycles. The van der Waals surface area contributed by atoms with Crippen molar-refractivity contribution in [1.29, 1.82) is 0 Å². The summed E-state index contributed by atoms with van der Waals surface area (Å²) < 4.78 is 1.36. The van der Waals surface area contributed by atoms with E-state index in [1.165, 1.54) is 11.0 Å². The lowest BCUT2D eigenvalue weighted by molar-refractivity contribution is -0.118. The first-order valence-corrected chi connectivity index (χ1v) is 3.53. The van der Waals surface area contributed by atoms with E-state index >= 15 is 0 Å². The third-order valence-corrected chi connectivity index (χ3v) is 1.28. The Morgan fingerprint density at radius 1 is 1.83 bits per heavy atom. The minimum absolute atomic E-state index is 0.0414. The Bertz CT molecular complexity index is 279. The van der Waals surface area contributed by atoms with Crippen molar-refractivity contribution in [1.82, 2.24) is 14.8 Å². The van der Waals surface area contributed by atoms with E-state index in [0.717, 1.165) is 0 Å². The number of carbonyl (C=O) groups is 1. The van der Waals surface area contributed by atoms with Gasteiger partial charge in [-0.05, 0) is 6.92 Å². The number of carbonyl (C=O) groups excluding carboxylic acids is 1. The lowest BCUT2D eigenvalue weighted by Gasteiger charge is -1.96. The Morgan fingerprint density at radius 3 is 2.92 bits per heavy atom. The summed E-state index contributed by atoms with van der Waals surface area (Å²) in [6.07, 6.45) is 1.43. The summed E-state index contributed by atoms with van der Waals surface area (Å²) in [5.41, 5.74) is 10.5. The van der Waals surface area contributed by atoms with Crippen molar-refractivity contribution in [3.8, 4) is 0 Å². The number of hydrogen-bond acceptors (Lipinski definition) is 4. The van der Waals surface area contributed by atoms with Crippen molar-refractivity contribution in [3.05, 3.63) is 12.2 Å². The first kappa shape index (κ1) is 8.66. The number of nitrogens with zero attached hydrogens (tertiary/aromatic N) is 3. The lowest BCUT2D eigenvalue weighted by atomic mass is 10.4. The quantitative estimate of drug-likeness (QED) is 0.592. The molecule has 0 saturated carbocycles. The number of nitrogens with two attached hydrogens (primary N) is 2. The Hall–Kier alpha value is -1.43. The predicted octanol–water partition coefficient (Wildman–Crippen LogP) is -1.22. The van der Waals surface area contributed by atoms with E-state index in [9.17, 15) is 4.79 Å². The lowest BCUT2D eigenvalue weighted by Crippen LogP contribution is -2.19. The highest BCUT2D eigenvalue weighted by atomic mass is 16.1. The van der Waals surface area contributed by atoms with Gasteiger partial charge in [0.1, 0.15) is 12.9 Å². The van der Waals surface area contributed by atoms with E-state index in [2.05, 4.69) is 10.1 Å². The zero-order valence-electron chi connectivity index (χ0n) is 6.77. The molecule has 0 aliphatic rings. The monoisotopic (exact) mass is 169 g/mol. The maximum Gasteiger partial charge on any atom is 0.239 e. The van der Waals surface area contributed by atoms with Gasteiger partial charge in [-0.2, -0.15) is 5.10 Å². The molecule has 0 radical (unpaired) electrons. The normalized spacial score (nSPS) is 12.8. The molecule has 0 fully saturated rings. The standard InChI is InChI=1S/C6H11N5O/c1-4(7)6-9-3-11(10-6)2-5(8)12/h3-4H,2,7H2,1H3,(H2,8,12). The van der Waals surface area contributed by atoms with Gasteiger partial charge in [0.2, 0.25) is 5.91 Å². The van der Waals surface area contributed by atoms with Crippen LogP contribution in [0.5, 0.6) is 0 Å². The van der Waals surface area contributed by atoms with Gasteiger partial charge in [0.05, 0.1) is 6.04 Å².